The highest BCUT2D eigenvalue weighted by molar-refractivity contribution is 5.85. The van der Waals surface area contributed by atoms with Crippen LogP contribution in [-0.4, -0.2) is 56.5 Å². The molecule has 0 radical (unpaired) electrons. The highest BCUT2D eigenvalue weighted by atomic mass is 35.5. The van der Waals surface area contributed by atoms with E-state index in [4.69, 9.17) is 9.47 Å². The third kappa shape index (κ3) is 9.67. The summed E-state index contributed by atoms with van der Waals surface area (Å²) < 4.78 is 11.5. The van der Waals surface area contributed by atoms with Crippen LogP contribution in [0.4, 0.5) is 0 Å². The van der Waals surface area contributed by atoms with E-state index in [1.54, 1.807) is 0 Å². The van der Waals surface area contributed by atoms with Gasteiger partial charge in [0.25, 0.3) is 0 Å². The summed E-state index contributed by atoms with van der Waals surface area (Å²) in [4.78, 5) is 2.52. The van der Waals surface area contributed by atoms with Gasteiger partial charge in [0.1, 0.15) is 0 Å². The summed E-state index contributed by atoms with van der Waals surface area (Å²) in [5, 5.41) is 3.18. The van der Waals surface area contributed by atoms with Crippen molar-refractivity contribution < 1.29 is 9.47 Å². The molecule has 34 heavy (non-hydrogen) atoms. The number of rotatable bonds is 13. The molecule has 0 amide bonds. The van der Waals surface area contributed by atoms with Crippen LogP contribution in [0.25, 0.3) is 0 Å². The largest absolute Gasteiger partial charge is 0.376 e. The minimum absolute atomic E-state index is 0. The van der Waals surface area contributed by atoms with Gasteiger partial charge in [0.2, 0.25) is 0 Å². The van der Waals surface area contributed by atoms with Crippen molar-refractivity contribution >= 4 is 12.4 Å². The van der Waals surface area contributed by atoms with Crippen LogP contribution < -0.4 is 5.32 Å². The van der Waals surface area contributed by atoms with E-state index < -0.39 is 0 Å². The fourth-order valence-corrected chi connectivity index (χ4v) is 4.25. The van der Waals surface area contributed by atoms with Crippen molar-refractivity contribution in [2.75, 3.05) is 39.4 Å². The van der Waals surface area contributed by atoms with Crippen molar-refractivity contribution in [1.29, 1.82) is 0 Å². The van der Waals surface area contributed by atoms with Gasteiger partial charge in [0.15, 0.2) is 0 Å². The predicted octanol–water partition coefficient (Wildman–Crippen LogP) is 6.25. The van der Waals surface area contributed by atoms with Gasteiger partial charge in [-0.2, -0.15) is 0 Å². The zero-order valence-electron chi connectivity index (χ0n) is 21.2. The molecule has 2 aliphatic rings. The lowest BCUT2D eigenvalue weighted by Crippen LogP contribution is -2.53. The monoisotopic (exact) mass is 488 g/mol. The van der Waals surface area contributed by atoms with Crippen LogP contribution in [0.1, 0.15) is 69.5 Å². The molecule has 0 aliphatic carbocycles. The zero-order valence-corrected chi connectivity index (χ0v) is 22.0. The van der Waals surface area contributed by atoms with E-state index in [9.17, 15) is 0 Å². The lowest BCUT2D eigenvalue weighted by molar-refractivity contribution is -0.0672. The average molecular weight is 489 g/mol. The molecule has 0 bridgehead atoms. The first-order valence-electron chi connectivity index (χ1n) is 13.1. The Morgan fingerprint density at radius 1 is 0.735 bits per heavy atom. The fraction of sp³-hybridized carbons (Fsp3) is 0.586. The summed E-state index contributed by atoms with van der Waals surface area (Å²) >= 11 is 0. The van der Waals surface area contributed by atoms with Crippen LogP contribution in [0.3, 0.4) is 0 Å². The first-order valence-corrected chi connectivity index (χ1v) is 13.1. The van der Waals surface area contributed by atoms with Crippen molar-refractivity contribution in [1.82, 2.24) is 10.2 Å². The summed E-state index contributed by atoms with van der Waals surface area (Å²) in [6.45, 7) is 10.5. The van der Waals surface area contributed by atoms with Gasteiger partial charge in [-0.15, -0.1) is 12.4 Å². The second-order valence-electron chi connectivity index (χ2n) is 9.24. The molecule has 2 saturated heterocycles. The Bertz CT molecular complexity index is 697. The topological polar surface area (TPSA) is 33.7 Å². The molecule has 4 rings (SSSR count). The van der Waals surface area contributed by atoms with Crippen molar-refractivity contribution in [3.63, 3.8) is 0 Å². The standard InChI is InChI=1S/C21H27NO.C8H17NO.ClH/c1-2-3-10-15-23-20-16-22(17-20)21(18-11-6-4-7-12-18)19-13-8-5-9-14-19;1-2-3-4-5-10-8-6-9-7-8;/h4-9,11-14,20-21H,2-3,10,15-17H2,1H3;8-9H,2-7H2,1H3;1H. The first-order chi connectivity index (χ1) is 16.3. The molecule has 2 fully saturated rings. The van der Waals surface area contributed by atoms with Gasteiger partial charge in [-0.3, -0.25) is 4.90 Å². The third-order valence-corrected chi connectivity index (χ3v) is 6.42. The number of nitrogens with zero attached hydrogens (tertiary/aromatic N) is 1. The SMILES string of the molecule is CCCCCOC1CN(C(c2ccccc2)c2ccccc2)C1.CCCCCOC1CNC1.Cl. The van der Waals surface area contributed by atoms with E-state index in [0.29, 0.717) is 18.2 Å². The second-order valence-corrected chi connectivity index (χ2v) is 9.24. The van der Waals surface area contributed by atoms with E-state index in [1.165, 1.54) is 49.7 Å². The highest BCUT2D eigenvalue weighted by Gasteiger charge is 2.34. The number of likely N-dealkylation sites (tertiary alicyclic amines) is 1. The summed E-state index contributed by atoms with van der Waals surface area (Å²) in [5.41, 5.74) is 2.73. The number of halogens is 1. The fourth-order valence-electron chi connectivity index (χ4n) is 4.25. The minimum Gasteiger partial charge on any atom is -0.376 e. The Morgan fingerprint density at radius 2 is 1.21 bits per heavy atom. The van der Waals surface area contributed by atoms with E-state index in [0.717, 1.165) is 39.4 Å². The van der Waals surface area contributed by atoms with E-state index in [-0.39, 0.29) is 12.4 Å². The smallest absolute Gasteiger partial charge is 0.0829 e. The molecule has 2 aromatic rings. The summed E-state index contributed by atoms with van der Waals surface area (Å²) in [6, 6.07) is 21.9. The van der Waals surface area contributed by atoms with Crippen molar-refractivity contribution in [2.45, 2.75) is 70.6 Å². The zero-order chi connectivity index (χ0) is 23.1. The average Bonchev–Trinajstić information content (AvgIpc) is 2.80. The third-order valence-electron chi connectivity index (χ3n) is 6.42. The van der Waals surface area contributed by atoms with Gasteiger partial charge in [-0.05, 0) is 24.0 Å². The molecular formula is C29H45ClN2O2. The molecule has 5 heteroatoms. The normalized spacial score (nSPS) is 16.2. The first kappa shape index (κ1) is 28.8. The van der Waals surface area contributed by atoms with Gasteiger partial charge in [0, 0.05) is 39.4 Å². The molecule has 0 spiro atoms. The molecule has 2 aromatic carbocycles. The van der Waals surface area contributed by atoms with Gasteiger partial charge >= 0.3 is 0 Å². The maximum Gasteiger partial charge on any atom is 0.0829 e. The highest BCUT2D eigenvalue weighted by Crippen LogP contribution is 2.32. The Balaban J connectivity index is 0.000000314. The Morgan fingerprint density at radius 3 is 1.62 bits per heavy atom. The van der Waals surface area contributed by atoms with Crippen molar-refractivity contribution in [3.05, 3.63) is 71.8 Å². The number of nitrogens with one attached hydrogen (secondary N) is 1. The number of ether oxygens (including phenoxy) is 2. The van der Waals surface area contributed by atoms with E-state index >= 15 is 0 Å². The van der Waals surface area contributed by atoms with Crippen LogP contribution in [0, 0.1) is 0 Å². The Labute approximate surface area is 213 Å². The molecule has 0 unspecified atom stereocenters. The summed E-state index contributed by atoms with van der Waals surface area (Å²) in [5.74, 6) is 0. The van der Waals surface area contributed by atoms with Crippen LogP contribution in [0.15, 0.2) is 60.7 Å². The van der Waals surface area contributed by atoms with Crippen LogP contribution in [0.2, 0.25) is 0 Å². The maximum absolute atomic E-state index is 5.99. The van der Waals surface area contributed by atoms with Crippen LogP contribution in [0.5, 0.6) is 0 Å². The molecule has 0 saturated carbocycles. The lowest BCUT2D eigenvalue weighted by atomic mass is 9.94. The van der Waals surface area contributed by atoms with Gasteiger partial charge < -0.3 is 14.8 Å². The van der Waals surface area contributed by atoms with Gasteiger partial charge in [0.05, 0.1) is 18.2 Å². The van der Waals surface area contributed by atoms with Crippen molar-refractivity contribution in [3.8, 4) is 0 Å². The number of benzene rings is 2. The molecule has 1 N–H and O–H groups in total. The van der Waals surface area contributed by atoms with E-state index in [2.05, 4.69) is 84.7 Å². The maximum atomic E-state index is 5.99. The van der Waals surface area contributed by atoms with Crippen molar-refractivity contribution in [2.24, 2.45) is 0 Å². The van der Waals surface area contributed by atoms with Gasteiger partial charge in [-0.1, -0.05) is 100 Å². The molecule has 4 nitrogen and oxygen atoms in total. The summed E-state index contributed by atoms with van der Waals surface area (Å²) in [6.07, 6.45) is 8.46. The quantitative estimate of drug-likeness (QED) is 0.338. The Kier molecular flexibility index (Phi) is 14.5. The Hall–Kier alpha value is -1.43. The minimum atomic E-state index is 0. The van der Waals surface area contributed by atoms with Gasteiger partial charge in [-0.25, -0.2) is 0 Å². The number of unbranched alkanes of at least 4 members (excludes halogenated alkanes) is 4. The molecule has 0 aromatic heterocycles. The molecule has 190 valence electrons. The number of hydrogen-bond donors (Lipinski definition) is 1. The van der Waals surface area contributed by atoms with Crippen LogP contribution >= 0.6 is 12.4 Å². The number of hydrogen-bond acceptors (Lipinski definition) is 4. The molecular weight excluding hydrogens is 444 g/mol. The second kappa shape index (κ2) is 17.1. The predicted molar refractivity (Wildman–Crippen MR) is 145 cm³/mol. The van der Waals surface area contributed by atoms with E-state index in [1.807, 2.05) is 0 Å². The summed E-state index contributed by atoms with van der Waals surface area (Å²) in [7, 11) is 0. The van der Waals surface area contributed by atoms with Crippen LogP contribution in [-0.2, 0) is 9.47 Å². The lowest BCUT2D eigenvalue weighted by Gasteiger charge is -2.44. The molecule has 0 atom stereocenters. The molecule has 2 aliphatic heterocycles. The molecule has 2 heterocycles.